The highest BCUT2D eigenvalue weighted by atomic mass is 16.4. The molecule has 21 heavy (non-hydrogen) atoms. The lowest BCUT2D eigenvalue weighted by Gasteiger charge is -2.00. The van der Waals surface area contributed by atoms with Gasteiger partial charge in [0.25, 0.3) is 0 Å². The lowest BCUT2D eigenvalue weighted by molar-refractivity contribution is 0.0699. The largest absolute Gasteiger partial charge is 0.504 e. The minimum atomic E-state index is -1.14. The molecular weight excluding hydrogens is 276 g/mol. The second kappa shape index (κ2) is 4.45. The number of hydrogen-bond donors (Lipinski definition) is 4. The zero-order valence-corrected chi connectivity index (χ0v) is 10.6. The van der Waals surface area contributed by atoms with Gasteiger partial charge in [0.15, 0.2) is 22.8 Å². The van der Waals surface area contributed by atoms with Crippen LogP contribution in [-0.2, 0) is 0 Å². The Bertz CT molecular complexity index is 862. The van der Waals surface area contributed by atoms with Crippen molar-refractivity contribution < 1.29 is 29.6 Å². The van der Waals surface area contributed by atoms with E-state index in [0.717, 1.165) is 0 Å². The fraction of sp³-hybridized carbons (Fsp3) is 0. The van der Waals surface area contributed by atoms with Crippen molar-refractivity contribution in [3.8, 4) is 28.6 Å². The van der Waals surface area contributed by atoms with Crippen molar-refractivity contribution in [1.82, 2.24) is 0 Å². The summed E-state index contributed by atoms with van der Waals surface area (Å²) in [6.07, 6.45) is 0. The van der Waals surface area contributed by atoms with Gasteiger partial charge in [-0.05, 0) is 36.4 Å². The van der Waals surface area contributed by atoms with Crippen LogP contribution in [0.2, 0.25) is 0 Å². The van der Waals surface area contributed by atoms with Crippen LogP contribution in [0.3, 0.4) is 0 Å². The van der Waals surface area contributed by atoms with E-state index in [-0.39, 0.29) is 39.5 Å². The van der Waals surface area contributed by atoms with Gasteiger partial charge >= 0.3 is 5.97 Å². The summed E-state index contributed by atoms with van der Waals surface area (Å²) in [5.74, 6) is -1.64. The summed E-state index contributed by atoms with van der Waals surface area (Å²) in [7, 11) is 0. The molecule has 0 aliphatic carbocycles. The number of rotatable bonds is 2. The van der Waals surface area contributed by atoms with Gasteiger partial charge in [0.1, 0.15) is 5.76 Å². The molecule has 0 aliphatic heterocycles. The number of furan rings is 1. The molecule has 0 radical (unpaired) electrons. The third-order valence-electron chi connectivity index (χ3n) is 3.15. The van der Waals surface area contributed by atoms with Crippen molar-refractivity contribution in [2.24, 2.45) is 0 Å². The summed E-state index contributed by atoms with van der Waals surface area (Å²) < 4.78 is 5.46. The minimum Gasteiger partial charge on any atom is -0.504 e. The molecular formula is C15H10O6. The Morgan fingerprint density at radius 3 is 2.29 bits per heavy atom. The van der Waals surface area contributed by atoms with E-state index >= 15 is 0 Å². The Hall–Kier alpha value is -3.15. The molecule has 3 rings (SSSR count). The number of phenolic OH excluding ortho intramolecular Hbond substituents is 3. The fourth-order valence-electron chi connectivity index (χ4n) is 2.11. The average molecular weight is 286 g/mol. The Labute approximate surface area is 118 Å². The van der Waals surface area contributed by atoms with Gasteiger partial charge in [0.05, 0.1) is 5.56 Å². The van der Waals surface area contributed by atoms with E-state index in [9.17, 15) is 20.1 Å². The van der Waals surface area contributed by atoms with E-state index in [2.05, 4.69) is 0 Å². The van der Waals surface area contributed by atoms with Crippen LogP contribution < -0.4 is 0 Å². The quantitative estimate of drug-likeness (QED) is 0.539. The zero-order chi connectivity index (χ0) is 15.1. The van der Waals surface area contributed by atoms with Gasteiger partial charge in [0.2, 0.25) is 0 Å². The molecule has 0 unspecified atom stereocenters. The molecule has 0 atom stereocenters. The SMILES string of the molecule is O=C(O)c1ccc(O)c2oc(-c3ccc(O)c(O)c3)cc12. The predicted molar refractivity (Wildman–Crippen MR) is 73.6 cm³/mol. The van der Waals surface area contributed by atoms with Gasteiger partial charge in [-0.15, -0.1) is 0 Å². The standard InChI is InChI=1S/C15H10O6/c16-10-3-1-7(5-12(10)18)13-6-9-8(15(19)20)2-4-11(17)14(9)21-13/h1-6,16-18H,(H,19,20). The van der Waals surface area contributed by atoms with Crippen LogP contribution >= 0.6 is 0 Å². The predicted octanol–water partition coefficient (Wildman–Crippen LogP) is 2.91. The average Bonchev–Trinajstić information content (AvgIpc) is 2.87. The molecule has 6 nitrogen and oxygen atoms in total. The molecule has 2 aromatic carbocycles. The van der Waals surface area contributed by atoms with Crippen molar-refractivity contribution in [2.45, 2.75) is 0 Å². The van der Waals surface area contributed by atoms with Gasteiger partial charge in [-0.2, -0.15) is 0 Å². The van der Waals surface area contributed by atoms with E-state index in [1.54, 1.807) is 0 Å². The van der Waals surface area contributed by atoms with Crippen molar-refractivity contribution in [3.05, 3.63) is 42.0 Å². The first-order valence-corrected chi connectivity index (χ1v) is 5.98. The molecule has 4 N–H and O–H groups in total. The maximum absolute atomic E-state index is 11.2. The maximum Gasteiger partial charge on any atom is 0.336 e. The van der Waals surface area contributed by atoms with Crippen LogP contribution in [0.1, 0.15) is 10.4 Å². The van der Waals surface area contributed by atoms with Crippen LogP contribution in [-0.4, -0.2) is 26.4 Å². The third kappa shape index (κ3) is 2.02. The lowest BCUT2D eigenvalue weighted by atomic mass is 10.1. The zero-order valence-electron chi connectivity index (χ0n) is 10.6. The molecule has 106 valence electrons. The van der Waals surface area contributed by atoms with E-state index in [1.165, 1.54) is 36.4 Å². The molecule has 0 fully saturated rings. The second-order valence-corrected chi connectivity index (χ2v) is 4.49. The van der Waals surface area contributed by atoms with E-state index < -0.39 is 5.97 Å². The normalized spacial score (nSPS) is 10.9. The molecule has 0 aliphatic rings. The summed E-state index contributed by atoms with van der Waals surface area (Å²) in [5.41, 5.74) is 0.496. The van der Waals surface area contributed by atoms with Gasteiger partial charge in [-0.3, -0.25) is 0 Å². The smallest absolute Gasteiger partial charge is 0.336 e. The van der Waals surface area contributed by atoms with E-state index in [4.69, 9.17) is 9.52 Å². The molecule has 1 heterocycles. The van der Waals surface area contributed by atoms with Crippen molar-refractivity contribution in [3.63, 3.8) is 0 Å². The second-order valence-electron chi connectivity index (χ2n) is 4.49. The molecule has 0 amide bonds. The van der Waals surface area contributed by atoms with Crippen molar-refractivity contribution in [1.29, 1.82) is 0 Å². The maximum atomic E-state index is 11.2. The molecule has 6 heteroatoms. The number of hydrogen-bond acceptors (Lipinski definition) is 5. The fourth-order valence-corrected chi connectivity index (χ4v) is 2.11. The Kier molecular flexibility index (Phi) is 2.72. The molecule has 3 aromatic rings. The first-order valence-electron chi connectivity index (χ1n) is 5.98. The highest BCUT2D eigenvalue weighted by Gasteiger charge is 2.17. The van der Waals surface area contributed by atoms with E-state index in [1.807, 2.05) is 0 Å². The molecule has 0 bridgehead atoms. The van der Waals surface area contributed by atoms with Crippen LogP contribution in [0.25, 0.3) is 22.3 Å². The van der Waals surface area contributed by atoms with Crippen molar-refractivity contribution >= 4 is 16.9 Å². The number of carboxylic acid groups (broad SMARTS) is 1. The summed E-state index contributed by atoms with van der Waals surface area (Å²) in [5, 5.41) is 37.9. The van der Waals surface area contributed by atoms with Gasteiger partial charge < -0.3 is 24.8 Å². The lowest BCUT2D eigenvalue weighted by Crippen LogP contribution is -1.95. The number of fused-ring (bicyclic) bond motifs is 1. The summed E-state index contributed by atoms with van der Waals surface area (Å²) in [6, 6.07) is 8.07. The first kappa shape index (κ1) is 12.9. The highest BCUT2D eigenvalue weighted by molar-refractivity contribution is 6.05. The highest BCUT2D eigenvalue weighted by Crippen LogP contribution is 2.37. The number of benzene rings is 2. The molecule has 0 saturated heterocycles. The Morgan fingerprint density at radius 2 is 1.62 bits per heavy atom. The number of carbonyl (C=O) groups is 1. The summed E-state index contributed by atoms with van der Waals surface area (Å²) in [6.45, 7) is 0. The number of carboxylic acids is 1. The van der Waals surface area contributed by atoms with E-state index in [0.29, 0.717) is 5.56 Å². The summed E-state index contributed by atoms with van der Waals surface area (Å²) in [4.78, 5) is 11.2. The van der Waals surface area contributed by atoms with Crippen LogP contribution in [0, 0.1) is 0 Å². The number of phenols is 3. The van der Waals surface area contributed by atoms with Gasteiger partial charge in [-0.1, -0.05) is 0 Å². The topological polar surface area (TPSA) is 111 Å². The third-order valence-corrected chi connectivity index (χ3v) is 3.15. The minimum absolute atomic E-state index is 0.000741. The number of aromatic hydroxyl groups is 3. The first-order chi connectivity index (χ1) is 9.97. The number of aromatic carboxylic acids is 1. The van der Waals surface area contributed by atoms with Crippen LogP contribution in [0.5, 0.6) is 17.2 Å². The van der Waals surface area contributed by atoms with Crippen molar-refractivity contribution in [2.75, 3.05) is 0 Å². The molecule has 1 aromatic heterocycles. The monoisotopic (exact) mass is 286 g/mol. The molecule has 0 saturated carbocycles. The summed E-state index contributed by atoms with van der Waals surface area (Å²) >= 11 is 0. The Morgan fingerprint density at radius 1 is 0.905 bits per heavy atom. The Balaban J connectivity index is 2.25. The van der Waals surface area contributed by atoms with Crippen LogP contribution in [0.4, 0.5) is 0 Å². The van der Waals surface area contributed by atoms with Gasteiger partial charge in [-0.25, -0.2) is 4.79 Å². The van der Waals surface area contributed by atoms with Crippen LogP contribution in [0.15, 0.2) is 40.8 Å². The van der Waals surface area contributed by atoms with Gasteiger partial charge in [0, 0.05) is 10.9 Å². The molecule has 0 spiro atoms.